The van der Waals surface area contributed by atoms with E-state index in [0.717, 1.165) is 32.1 Å². The largest absolute Gasteiger partial charge is 0.487 e. The molecule has 1 fully saturated rings. The fraction of sp³-hybridized carbons (Fsp3) is 0.562. The van der Waals surface area contributed by atoms with E-state index >= 15 is 0 Å². The number of halogens is 2. The van der Waals surface area contributed by atoms with Crippen molar-refractivity contribution in [3.8, 4) is 11.5 Å². The average molecular weight is 298 g/mol. The molecule has 1 saturated carbocycles. The van der Waals surface area contributed by atoms with Crippen molar-refractivity contribution in [3.05, 3.63) is 23.8 Å². The average Bonchev–Trinajstić information content (AvgIpc) is 2.93. The highest BCUT2D eigenvalue weighted by Gasteiger charge is 2.21. The number of Topliss-reactive ketones (excluding diaryl/α,β-unsaturated/α-hetero) is 1. The zero-order valence-electron chi connectivity index (χ0n) is 12.1. The van der Waals surface area contributed by atoms with Crippen LogP contribution in [0.2, 0.25) is 0 Å². The van der Waals surface area contributed by atoms with E-state index in [0.29, 0.717) is 12.0 Å². The maximum absolute atomic E-state index is 12.4. The van der Waals surface area contributed by atoms with Crippen LogP contribution in [0.25, 0.3) is 0 Å². The number of carbonyl (C=O) groups excluding carboxylic acids is 1. The van der Waals surface area contributed by atoms with Gasteiger partial charge in [0.15, 0.2) is 17.3 Å². The Morgan fingerprint density at radius 3 is 2.62 bits per heavy atom. The number of benzene rings is 1. The Morgan fingerprint density at radius 1 is 1.29 bits per heavy atom. The summed E-state index contributed by atoms with van der Waals surface area (Å²) in [6.45, 7) is -0.990. The van der Waals surface area contributed by atoms with Crippen molar-refractivity contribution in [2.75, 3.05) is 0 Å². The van der Waals surface area contributed by atoms with Crippen LogP contribution < -0.4 is 9.47 Å². The highest BCUT2D eigenvalue weighted by atomic mass is 19.3. The number of hydrogen-bond donors (Lipinski definition) is 0. The van der Waals surface area contributed by atoms with Gasteiger partial charge in [-0.15, -0.1) is 0 Å². The zero-order valence-corrected chi connectivity index (χ0v) is 12.1. The molecule has 0 heterocycles. The molecule has 0 unspecified atom stereocenters. The van der Waals surface area contributed by atoms with Gasteiger partial charge in [0.05, 0.1) is 6.10 Å². The van der Waals surface area contributed by atoms with Crippen molar-refractivity contribution >= 4 is 5.78 Å². The minimum Gasteiger partial charge on any atom is -0.487 e. The van der Waals surface area contributed by atoms with Crippen LogP contribution in [0.3, 0.4) is 0 Å². The van der Waals surface area contributed by atoms with Gasteiger partial charge < -0.3 is 9.47 Å². The number of ketones is 1. The van der Waals surface area contributed by atoms with Crippen molar-refractivity contribution in [3.63, 3.8) is 0 Å². The first-order valence-electron chi connectivity index (χ1n) is 7.39. The molecule has 0 atom stereocenters. The maximum Gasteiger partial charge on any atom is 0.387 e. The second-order valence-corrected chi connectivity index (χ2v) is 5.24. The van der Waals surface area contributed by atoms with E-state index in [-0.39, 0.29) is 23.4 Å². The van der Waals surface area contributed by atoms with Crippen molar-refractivity contribution in [2.24, 2.45) is 0 Å². The zero-order chi connectivity index (χ0) is 15.2. The number of ether oxygens (including phenoxy) is 2. The molecule has 0 aromatic heterocycles. The fourth-order valence-corrected chi connectivity index (χ4v) is 2.52. The van der Waals surface area contributed by atoms with Gasteiger partial charge in [-0.2, -0.15) is 8.78 Å². The van der Waals surface area contributed by atoms with Gasteiger partial charge >= 0.3 is 6.61 Å². The predicted molar refractivity (Wildman–Crippen MR) is 75.2 cm³/mol. The van der Waals surface area contributed by atoms with E-state index in [1.165, 1.54) is 18.2 Å². The highest BCUT2D eigenvalue weighted by Crippen LogP contribution is 2.34. The molecular formula is C16H20F2O3. The van der Waals surface area contributed by atoms with E-state index in [4.69, 9.17) is 4.74 Å². The summed E-state index contributed by atoms with van der Waals surface area (Å²) in [5.74, 6) is 0.214. The molecule has 0 radical (unpaired) electrons. The van der Waals surface area contributed by atoms with Crippen LogP contribution in [-0.4, -0.2) is 18.5 Å². The van der Waals surface area contributed by atoms with Crippen LogP contribution >= 0.6 is 0 Å². The lowest BCUT2D eigenvalue weighted by molar-refractivity contribution is -0.0520. The standard InChI is InChI=1S/C16H20F2O3/c1-2-5-13(19)11-8-9-14(21-16(17)18)15(10-11)20-12-6-3-4-7-12/h8-10,12,16H,2-7H2,1H3. The lowest BCUT2D eigenvalue weighted by atomic mass is 10.1. The summed E-state index contributed by atoms with van der Waals surface area (Å²) in [6, 6.07) is 4.42. The van der Waals surface area contributed by atoms with E-state index in [2.05, 4.69) is 4.74 Å². The second-order valence-electron chi connectivity index (χ2n) is 5.24. The van der Waals surface area contributed by atoms with Crippen LogP contribution in [-0.2, 0) is 0 Å². The van der Waals surface area contributed by atoms with E-state index in [1.54, 1.807) is 0 Å². The number of rotatable bonds is 7. The summed E-state index contributed by atoms with van der Waals surface area (Å²) >= 11 is 0. The molecule has 1 aromatic carbocycles. The van der Waals surface area contributed by atoms with Crippen molar-refractivity contribution < 1.29 is 23.0 Å². The Labute approximate surface area is 123 Å². The Hall–Kier alpha value is -1.65. The molecular weight excluding hydrogens is 278 g/mol. The molecule has 0 N–H and O–H groups in total. The summed E-state index contributed by atoms with van der Waals surface area (Å²) in [5.41, 5.74) is 0.478. The topological polar surface area (TPSA) is 35.5 Å². The van der Waals surface area contributed by atoms with Gasteiger partial charge in [-0.25, -0.2) is 0 Å². The molecule has 3 nitrogen and oxygen atoms in total. The first-order chi connectivity index (χ1) is 10.1. The van der Waals surface area contributed by atoms with Crippen LogP contribution in [0.5, 0.6) is 11.5 Å². The lowest BCUT2D eigenvalue weighted by Gasteiger charge is -2.17. The third kappa shape index (κ3) is 4.41. The number of hydrogen-bond acceptors (Lipinski definition) is 3. The van der Waals surface area contributed by atoms with Gasteiger partial charge in [0.25, 0.3) is 0 Å². The molecule has 2 rings (SSSR count). The Morgan fingerprint density at radius 2 is 2.00 bits per heavy atom. The van der Waals surface area contributed by atoms with E-state index in [9.17, 15) is 13.6 Å². The minimum absolute atomic E-state index is 0.00931. The van der Waals surface area contributed by atoms with Crippen molar-refractivity contribution in [2.45, 2.75) is 58.2 Å². The smallest absolute Gasteiger partial charge is 0.387 e. The first-order valence-corrected chi connectivity index (χ1v) is 7.39. The van der Waals surface area contributed by atoms with Gasteiger partial charge in [0.1, 0.15) is 0 Å². The molecule has 1 aromatic rings. The van der Waals surface area contributed by atoms with E-state index < -0.39 is 6.61 Å². The summed E-state index contributed by atoms with van der Waals surface area (Å²) < 4.78 is 35.1. The van der Waals surface area contributed by atoms with Gasteiger partial charge in [-0.3, -0.25) is 4.79 Å². The van der Waals surface area contributed by atoms with Crippen LogP contribution in [0, 0.1) is 0 Å². The Kier molecular flexibility index (Phi) is 5.53. The number of alkyl halides is 2. The van der Waals surface area contributed by atoms with Crippen molar-refractivity contribution in [1.82, 2.24) is 0 Å². The summed E-state index contributed by atoms with van der Waals surface area (Å²) in [7, 11) is 0. The van der Waals surface area contributed by atoms with Crippen LogP contribution in [0.4, 0.5) is 8.78 Å². The third-order valence-corrected chi connectivity index (χ3v) is 3.55. The van der Waals surface area contributed by atoms with Gasteiger partial charge in [-0.05, 0) is 50.3 Å². The molecule has 0 aliphatic heterocycles. The molecule has 0 spiro atoms. The quantitative estimate of drug-likeness (QED) is 0.690. The summed E-state index contributed by atoms with van der Waals surface area (Å²) in [6.07, 6.45) is 5.14. The van der Waals surface area contributed by atoms with Crippen LogP contribution in [0.15, 0.2) is 18.2 Å². The Balaban J connectivity index is 2.21. The minimum atomic E-state index is -2.91. The fourth-order valence-electron chi connectivity index (χ4n) is 2.52. The van der Waals surface area contributed by atoms with Gasteiger partial charge in [-0.1, -0.05) is 6.92 Å². The predicted octanol–water partition coefficient (Wildman–Crippen LogP) is 4.59. The van der Waals surface area contributed by atoms with Crippen molar-refractivity contribution in [1.29, 1.82) is 0 Å². The first kappa shape index (κ1) is 15.7. The molecule has 0 bridgehead atoms. The molecule has 21 heavy (non-hydrogen) atoms. The lowest BCUT2D eigenvalue weighted by Crippen LogP contribution is -2.13. The SMILES string of the molecule is CCCC(=O)c1ccc(OC(F)F)c(OC2CCCC2)c1. The molecule has 0 saturated heterocycles. The molecule has 5 heteroatoms. The molecule has 116 valence electrons. The van der Waals surface area contributed by atoms with Gasteiger partial charge in [0.2, 0.25) is 0 Å². The third-order valence-electron chi connectivity index (χ3n) is 3.55. The van der Waals surface area contributed by atoms with Gasteiger partial charge in [0, 0.05) is 12.0 Å². The molecule has 1 aliphatic rings. The van der Waals surface area contributed by atoms with Crippen LogP contribution in [0.1, 0.15) is 55.8 Å². The Bertz CT molecular complexity index is 482. The van der Waals surface area contributed by atoms with E-state index in [1.807, 2.05) is 6.92 Å². The summed E-state index contributed by atoms with van der Waals surface area (Å²) in [5, 5.41) is 0. The molecule has 0 amide bonds. The normalized spacial score (nSPS) is 15.4. The second kappa shape index (κ2) is 7.38. The molecule has 1 aliphatic carbocycles. The monoisotopic (exact) mass is 298 g/mol. The number of carbonyl (C=O) groups is 1. The maximum atomic E-state index is 12.4. The highest BCUT2D eigenvalue weighted by molar-refractivity contribution is 5.96. The summed E-state index contributed by atoms with van der Waals surface area (Å²) in [4.78, 5) is 11.9.